The van der Waals surface area contributed by atoms with E-state index in [2.05, 4.69) is 19.5 Å². The number of imidazole rings is 1. The first-order valence-corrected chi connectivity index (χ1v) is 7.87. The summed E-state index contributed by atoms with van der Waals surface area (Å²) in [7, 11) is 0. The van der Waals surface area contributed by atoms with Gasteiger partial charge in [-0.15, -0.1) is 0 Å². The summed E-state index contributed by atoms with van der Waals surface area (Å²) < 4.78 is 2.17. The second-order valence-electron chi connectivity index (χ2n) is 6.41. The number of nitrogens with two attached hydrogens (primary N) is 1. The van der Waals surface area contributed by atoms with Gasteiger partial charge in [-0.3, -0.25) is 0 Å². The van der Waals surface area contributed by atoms with E-state index < -0.39 is 0 Å². The minimum atomic E-state index is -0.138. The Labute approximate surface area is 123 Å². The Kier molecular flexibility index (Phi) is 3.06. The highest BCUT2D eigenvalue weighted by molar-refractivity contribution is 5.81. The van der Waals surface area contributed by atoms with Gasteiger partial charge in [0.25, 0.3) is 0 Å². The van der Waals surface area contributed by atoms with E-state index >= 15 is 0 Å². The third-order valence-corrected chi connectivity index (χ3v) is 5.36. The van der Waals surface area contributed by atoms with Crippen molar-refractivity contribution < 1.29 is 5.11 Å². The molecule has 0 saturated heterocycles. The first-order valence-electron chi connectivity index (χ1n) is 7.87. The summed E-state index contributed by atoms with van der Waals surface area (Å²) in [5.74, 6) is 1.39. The largest absolute Gasteiger partial charge is 0.393 e. The molecule has 6 nitrogen and oxygen atoms in total. The number of fused-ring (bicyclic) bond motifs is 2. The van der Waals surface area contributed by atoms with Gasteiger partial charge in [-0.1, -0.05) is 12.8 Å². The molecule has 2 fully saturated rings. The molecule has 2 aromatic heterocycles. The van der Waals surface area contributed by atoms with Gasteiger partial charge in [0, 0.05) is 6.04 Å². The average Bonchev–Trinajstić information content (AvgIpc) is 2.92. The maximum absolute atomic E-state index is 10.3. The van der Waals surface area contributed by atoms with Crippen molar-refractivity contribution in [1.29, 1.82) is 0 Å². The van der Waals surface area contributed by atoms with Crippen LogP contribution in [0.15, 0.2) is 12.7 Å². The third kappa shape index (κ3) is 2.00. The molecule has 4 atom stereocenters. The number of aliphatic hydroxyl groups is 1. The monoisotopic (exact) mass is 287 g/mol. The lowest BCUT2D eigenvalue weighted by atomic mass is 9.67. The van der Waals surface area contributed by atoms with Crippen molar-refractivity contribution in [2.24, 2.45) is 11.8 Å². The van der Waals surface area contributed by atoms with Crippen LogP contribution in [-0.4, -0.2) is 30.7 Å². The normalized spacial score (nSPS) is 33.0. The van der Waals surface area contributed by atoms with Gasteiger partial charge >= 0.3 is 0 Å². The first-order chi connectivity index (χ1) is 10.3. The Bertz CT molecular complexity index is 655. The quantitative estimate of drug-likeness (QED) is 0.836. The number of nitrogens with zero attached hydrogens (tertiary/aromatic N) is 4. The summed E-state index contributed by atoms with van der Waals surface area (Å²) in [6.45, 7) is 0. The van der Waals surface area contributed by atoms with E-state index in [0.29, 0.717) is 29.2 Å². The van der Waals surface area contributed by atoms with Crippen LogP contribution in [0.2, 0.25) is 0 Å². The highest BCUT2D eigenvalue weighted by atomic mass is 16.3. The summed E-state index contributed by atoms with van der Waals surface area (Å²) >= 11 is 0. The molecule has 2 heterocycles. The summed E-state index contributed by atoms with van der Waals surface area (Å²) in [6, 6.07) is 0.373. The second-order valence-corrected chi connectivity index (χ2v) is 6.41. The highest BCUT2D eigenvalue weighted by Crippen LogP contribution is 2.46. The number of rotatable bonds is 1. The zero-order chi connectivity index (χ0) is 14.4. The van der Waals surface area contributed by atoms with Crippen molar-refractivity contribution in [3.8, 4) is 0 Å². The van der Waals surface area contributed by atoms with Crippen molar-refractivity contribution >= 4 is 17.0 Å². The molecule has 0 aromatic carbocycles. The van der Waals surface area contributed by atoms with Gasteiger partial charge in [0.2, 0.25) is 0 Å². The molecular weight excluding hydrogens is 266 g/mol. The molecule has 21 heavy (non-hydrogen) atoms. The van der Waals surface area contributed by atoms with E-state index in [0.717, 1.165) is 37.8 Å². The lowest BCUT2D eigenvalue weighted by molar-refractivity contribution is -0.0111. The van der Waals surface area contributed by atoms with Crippen LogP contribution < -0.4 is 5.73 Å². The molecule has 2 aliphatic rings. The van der Waals surface area contributed by atoms with E-state index in [1.807, 2.05) is 6.33 Å². The van der Waals surface area contributed by atoms with Crippen LogP contribution in [0.3, 0.4) is 0 Å². The summed E-state index contributed by atoms with van der Waals surface area (Å²) in [5, 5.41) is 10.3. The van der Waals surface area contributed by atoms with Gasteiger partial charge in [-0.05, 0) is 37.5 Å². The molecule has 3 N–H and O–H groups in total. The number of hydrogen-bond donors (Lipinski definition) is 2. The Balaban J connectivity index is 1.75. The van der Waals surface area contributed by atoms with Crippen LogP contribution in [0.5, 0.6) is 0 Å². The molecule has 0 bridgehead atoms. The zero-order valence-corrected chi connectivity index (χ0v) is 12.0. The third-order valence-electron chi connectivity index (χ3n) is 5.36. The van der Waals surface area contributed by atoms with Gasteiger partial charge < -0.3 is 15.4 Å². The van der Waals surface area contributed by atoms with Crippen molar-refractivity contribution in [2.75, 3.05) is 5.73 Å². The fraction of sp³-hybridized carbons (Fsp3) is 0.667. The highest BCUT2D eigenvalue weighted by Gasteiger charge is 2.40. The Morgan fingerprint density at radius 3 is 2.76 bits per heavy atom. The molecule has 0 amide bonds. The van der Waals surface area contributed by atoms with Crippen molar-refractivity contribution in [2.45, 2.75) is 50.7 Å². The van der Waals surface area contributed by atoms with E-state index in [1.165, 1.54) is 12.7 Å². The van der Waals surface area contributed by atoms with Crippen LogP contribution in [-0.2, 0) is 0 Å². The maximum Gasteiger partial charge on any atom is 0.165 e. The van der Waals surface area contributed by atoms with Crippen LogP contribution in [0.25, 0.3) is 11.2 Å². The van der Waals surface area contributed by atoms with Gasteiger partial charge in [0.15, 0.2) is 11.5 Å². The molecule has 0 aliphatic heterocycles. The Morgan fingerprint density at radius 1 is 1.05 bits per heavy atom. The number of aromatic nitrogens is 4. The van der Waals surface area contributed by atoms with Crippen molar-refractivity contribution in [1.82, 2.24) is 19.5 Å². The number of anilines is 1. The van der Waals surface area contributed by atoms with E-state index in [4.69, 9.17) is 5.73 Å². The molecule has 112 valence electrons. The van der Waals surface area contributed by atoms with Crippen LogP contribution in [0, 0.1) is 11.8 Å². The molecule has 2 saturated carbocycles. The minimum absolute atomic E-state index is 0.138. The standard InChI is InChI=1S/C15H21N5O/c16-14-13-15(18-7-17-14)20(8-19-13)11-5-1-4-10-9(11)3-2-6-12(10)21/h7-12,21H,1-6H2,(H2,16,17,18)/t9-,10?,11?,12+/m1/s1. The molecule has 6 heteroatoms. The molecule has 0 spiro atoms. The topological polar surface area (TPSA) is 89.9 Å². The smallest absolute Gasteiger partial charge is 0.165 e. The number of aliphatic hydroxyl groups excluding tert-OH is 1. The fourth-order valence-corrected chi connectivity index (χ4v) is 4.40. The van der Waals surface area contributed by atoms with Gasteiger partial charge in [-0.2, -0.15) is 0 Å². The molecule has 0 radical (unpaired) electrons. The summed E-state index contributed by atoms with van der Waals surface area (Å²) in [5.41, 5.74) is 7.40. The minimum Gasteiger partial charge on any atom is -0.393 e. The zero-order valence-electron chi connectivity index (χ0n) is 12.0. The molecule has 2 aliphatic carbocycles. The predicted molar refractivity (Wildman–Crippen MR) is 79.5 cm³/mol. The predicted octanol–water partition coefficient (Wildman–Crippen LogP) is 1.91. The van der Waals surface area contributed by atoms with Crippen LogP contribution >= 0.6 is 0 Å². The SMILES string of the molecule is Nc1ncnc2c1ncn2C1CCCC2[C@H]1CCC[C@@H]2O. The van der Waals surface area contributed by atoms with Crippen molar-refractivity contribution in [3.05, 3.63) is 12.7 Å². The number of nitrogen functional groups attached to an aromatic ring is 1. The summed E-state index contributed by atoms with van der Waals surface area (Å²) in [6.07, 6.45) is 9.90. The van der Waals surface area contributed by atoms with Gasteiger partial charge in [0.1, 0.15) is 11.8 Å². The fourth-order valence-electron chi connectivity index (χ4n) is 4.40. The Morgan fingerprint density at radius 2 is 1.86 bits per heavy atom. The first kappa shape index (κ1) is 13.0. The molecule has 4 rings (SSSR count). The molecular formula is C15H21N5O. The Hall–Kier alpha value is -1.69. The van der Waals surface area contributed by atoms with E-state index in [9.17, 15) is 5.11 Å². The maximum atomic E-state index is 10.3. The molecule has 2 unspecified atom stereocenters. The lowest BCUT2D eigenvalue weighted by Gasteiger charge is -2.44. The van der Waals surface area contributed by atoms with Crippen molar-refractivity contribution in [3.63, 3.8) is 0 Å². The van der Waals surface area contributed by atoms with Crippen LogP contribution in [0.1, 0.15) is 44.6 Å². The number of hydrogen-bond acceptors (Lipinski definition) is 5. The van der Waals surface area contributed by atoms with E-state index in [1.54, 1.807) is 0 Å². The molecule has 2 aromatic rings. The summed E-state index contributed by atoms with van der Waals surface area (Å²) in [4.78, 5) is 12.8. The second kappa shape index (κ2) is 4.94. The van der Waals surface area contributed by atoms with Gasteiger partial charge in [0.05, 0.1) is 12.4 Å². The van der Waals surface area contributed by atoms with Gasteiger partial charge in [-0.25, -0.2) is 15.0 Å². The average molecular weight is 287 g/mol. The van der Waals surface area contributed by atoms with E-state index in [-0.39, 0.29) is 6.10 Å². The van der Waals surface area contributed by atoms with Crippen LogP contribution in [0.4, 0.5) is 5.82 Å². The lowest BCUT2D eigenvalue weighted by Crippen LogP contribution is -2.40.